The van der Waals surface area contributed by atoms with Crippen molar-refractivity contribution in [2.45, 2.75) is 19.1 Å². The quantitative estimate of drug-likeness (QED) is 0.409. The van der Waals surface area contributed by atoms with Gasteiger partial charge in [-0.2, -0.15) is 5.10 Å². The first-order valence-corrected chi connectivity index (χ1v) is 4.86. The van der Waals surface area contributed by atoms with Crippen LogP contribution in [0.5, 0.6) is 0 Å². The lowest BCUT2D eigenvalue weighted by molar-refractivity contribution is -0.146. The number of nitrogens with one attached hydrogen (secondary N) is 3. The molecule has 0 saturated carbocycles. The summed E-state index contributed by atoms with van der Waals surface area (Å²) < 4.78 is 0. The van der Waals surface area contributed by atoms with Crippen LogP contribution in [0.1, 0.15) is 12.2 Å². The summed E-state index contributed by atoms with van der Waals surface area (Å²) in [5.74, 6) is -0.806. The number of aromatic nitrogens is 3. The van der Waals surface area contributed by atoms with Crippen molar-refractivity contribution in [1.82, 2.24) is 25.8 Å². The number of carbonyl (C=O) groups excluding carboxylic acids is 1. The molecule has 9 nitrogen and oxygen atoms in total. The largest absolute Gasteiger partial charge is 0.479 e. The lowest BCUT2D eigenvalue weighted by atomic mass is 10.2. The predicted octanol–water partition coefficient (Wildman–Crippen LogP) is -1.56. The van der Waals surface area contributed by atoms with Crippen molar-refractivity contribution >= 4 is 12.0 Å². The number of hydrogen-bond acceptors (Lipinski definition) is 5. The van der Waals surface area contributed by atoms with E-state index in [0.717, 1.165) is 0 Å². The van der Waals surface area contributed by atoms with Crippen LogP contribution >= 0.6 is 0 Å². The van der Waals surface area contributed by atoms with E-state index in [0.29, 0.717) is 5.82 Å². The molecular formula is C8H13N5O4. The van der Waals surface area contributed by atoms with Crippen molar-refractivity contribution in [3.05, 3.63) is 12.2 Å². The van der Waals surface area contributed by atoms with Crippen LogP contribution in [0.15, 0.2) is 6.33 Å². The molecule has 1 rings (SSSR count). The van der Waals surface area contributed by atoms with E-state index in [-0.39, 0.29) is 19.5 Å². The van der Waals surface area contributed by atoms with Crippen molar-refractivity contribution in [2.75, 3.05) is 6.54 Å². The van der Waals surface area contributed by atoms with Crippen LogP contribution in [-0.2, 0) is 11.3 Å². The van der Waals surface area contributed by atoms with Gasteiger partial charge in [0, 0.05) is 13.0 Å². The molecule has 1 aromatic rings. The SMILES string of the molecule is O=C(NCCC(O)C(=O)O)NCc1ncn[nH]1. The molecule has 5 N–H and O–H groups in total. The van der Waals surface area contributed by atoms with Gasteiger partial charge in [0.1, 0.15) is 12.2 Å². The van der Waals surface area contributed by atoms with E-state index in [4.69, 9.17) is 10.2 Å². The fourth-order valence-corrected chi connectivity index (χ4v) is 0.988. The molecule has 0 aliphatic carbocycles. The highest BCUT2D eigenvalue weighted by Gasteiger charge is 2.12. The minimum absolute atomic E-state index is 0.0505. The molecule has 1 unspecified atom stereocenters. The number of rotatable bonds is 6. The summed E-state index contributed by atoms with van der Waals surface area (Å²) in [6, 6.07) is -0.473. The Morgan fingerprint density at radius 3 is 2.82 bits per heavy atom. The Bertz CT molecular complexity index is 366. The molecule has 0 aliphatic heterocycles. The van der Waals surface area contributed by atoms with E-state index in [1.807, 2.05) is 0 Å². The minimum atomic E-state index is -1.47. The summed E-state index contributed by atoms with van der Waals surface area (Å²) in [4.78, 5) is 25.2. The van der Waals surface area contributed by atoms with E-state index in [9.17, 15) is 9.59 Å². The fourth-order valence-electron chi connectivity index (χ4n) is 0.988. The Labute approximate surface area is 96.2 Å². The van der Waals surface area contributed by atoms with Crippen LogP contribution < -0.4 is 10.6 Å². The number of aliphatic carboxylic acids is 1. The topological polar surface area (TPSA) is 140 Å². The van der Waals surface area contributed by atoms with Gasteiger partial charge < -0.3 is 20.8 Å². The molecule has 2 amide bonds. The van der Waals surface area contributed by atoms with E-state index in [1.165, 1.54) is 6.33 Å². The highest BCUT2D eigenvalue weighted by Crippen LogP contribution is 1.89. The smallest absolute Gasteiger partial charge is 0.332 e. The van der Waals surface area contributed by atoms with E-state index in [2.05, 4.69) is 25.8 Å². The van der Waals surface area contributed by atoms with E-state index >= 15 is 0 Å². The summed E-state index contributed by atoms with van der Waals surface area (Å²) in [5, 5.41) is 28.3. The first-order valence-electron chi connectivity index (χ1n) is 4.86. The van der Waals surface area contributed by atoms with Gasteiger partial charge in [-0.3, -0.25) is 5.10 Å². The third-order valence-corrected chi connectivity index (χ3v) is 1.87. The zero-order chi connectivity index (χ0) is 12.7. The Balaban J connectivity index is 2.11. The summed E-state index contributed by atoms with van der Waals surface area (Å²) in [5.41, 5.74) is 0. The maximum atomic E-state index is 11.2. The number of hydrogen-bond donors (Lipinski definition) is 5. The molecule has 1 heterocycles. The lowest BCUT2D eigenvalue weighted by Crippen LogP contribution is -2.37. The average Bonchev–Trinajstić information content (AvgIpc) is 2.78. The van der Waals surface area contributed by atoms with Gasteiger partial charge in [0.2, 0.25) is 0 Å². The van der Waals surface area contributed by atoms with Crippen molar-refractivity contribution in [1.29, 1.82) is 0 Å². The molecule has 0 aromatic carbocycles. The molecule has 0 bridgehead atoms. The predicted molar refractivity (Wildman–Crippen MR) is 54.9 cm³/mol. The van der Waals surface area contributed by atoms with Gasteiger partial charge in [0.15, 0.2) is 6.10 Å². The standard InChI is InChI=1S/C8H13N5O4/c14-5(7(15)16)1-2-9-8(17)10-3-6-11-4-12-13-6/h4-5,14H,1-3H2,(H,15,16)(H2,9,10,17)(H,11,12,13). The number of urea groups is 1. The second kappa shape index (κ2) is 6.43. The van der Waals surface area contributed by atoms with Crippen LogP contribution in [0, 0.1) is 0 Å². The number of amides is 2. The summed E-state index contributed by atoms with van der Waals surface area (Å²) in [6.07, 6.45) is -0.201. The number of carbonyl (C=O) groups is 2. The molecule has 1 atom stereocenters. The average molecular weight is 243 g/mol. The van der Waals surface area contributed by atoms with Crippen molar-refractivity contribution in [3.63, 3.8) is 0 Å². The fraction of sp³-hybridized carbons (Fsp3) is 0.500. The number of carboxylic acids is 1. The highest BCUT2D eigenvalue weighted by molar-refractivity contribution is 5.74. The maximum Gasteiger partial charge on any atom is 0.332 e. The first-order chi connectivity index (χ1) is 8.09. The number of carboxylic acid groups (broad SMARTS) is 1. The van der Waals surface area contributed by atoms with Crippen LogP contribution in [0.3, 0.4) is 0 Å². The van der Waals surface area contributed by atoms with E-state index in [1.54, 1.807) is 0 Å². The zero-order valence-corrected chi connectivity index (χ0v) is 8.88. The Hall–Kier alpha value is -2.16. The maximum absolute atomic E-state index is 11.2. The Kier molecular flexibility index (Phi) is 4.88. The normalized spacial score (nSPS) is 11.8. The molecule has 0 radical (unpaired) electrons. The first kappa shape index (κ1) is 12.9. The van der Waals surface area contributed by atoms with Crippen LogP contribution in [0.25, 0.3) is 0 Å². The van der Waals surface area contributed by atoms with Gasteiger partial charge in [-0.05, 0) is 0 Å². The molecule has 17 heavy (non-hydrogen) atoms. The molecule has 94 valence electrons. The van der Waals surface area contributed by atoms with Crippen LogP contribution in [0.4, 0.5) is 4.79 Å². The third-order valence-electron chi connectivity index (χ3n) is 1.87. The molecule has 9 heteroatoms. The van der Waals surface area contributed by atoms with Gasteiger partial charge in [-0.1, -0.05) is 0 Å². The Morgan fingerprint density at radius 2 is 2.24 bits per heavy atom. The number of aliphatic hydroxyl groups is 1. The summed E-state index contributed by atoms with van der Waals surface area (Å²) >= 11 is 0. The second-order valence-corrected chi connectivity index (χ2v) is 3.18. The number of aromatic amines is 1. The highest BCUT2D eigenvalue weighted by atomic mass is 16.4. The lowest BCUT2D eigenvalue weighted by Gasteiger charge is -2.07. The third kappa shape index (κ3) is 4.93. The van der Waals surface area contributed by atoms with Crippen molar-refractivity contribution < 1.29 is 19.8 Å². The molecule has 0 aliphatic rings. The monoisotopic (exact) mass is 243 g/mol. The van der Waals surface area contributed by atoms with Crippen LogP contribution in [-0.4, -0.2) is 50.0 Å². The molecule has 0 fully saturated rings. The molecule has 0 saturated heterocycles. The van der Waals surface area contributed by atoms with E-state index < -0.39 is 18.1 Å². The zero-order valence-electron chi connectivity index (χ0n) is 8.88. The van der Waals surface area contributed by atoms with Gasteiger partial charge >= 0.3 is 12.0 Å². The second-order valence-electron chi connectivity index (χ2n) is 3.18. The van der Waals surface area contributed by atoms with Gasteiger partial charge in [-0.15, -0.1) is 0 Å². The van der Waals surface area contributed by atoms with Gasteiger partial charge in [0.05, 0.1) is 6.54 Å². The van der Waals surface area contributed by atoms with Crippen molar-refractivity contribution in [2.24, 2.45) is 0 Å². The van der Waals surface area contributed by atoms with Gasteiger partial charge in [0.25, 0.3) is 0 Å². The van der Waals surface area contributed by atoms with Crippen LogP contribution in [0.2, 0.25) is 0 Å². The summed E-state index contributed by atoms with van der Waals surface area (Å²) in [7, 11) is 0. The van der Waals surface area contributed by atoms with Gasteiger partial charge in [-0.25, -0.2) is 14.6 Å². The number of H-pyrrole nitrogens is 1. The van der Waals surface area contributed by atoms with Crippen molar-refractivity contribution in [3.8, 4) is 0 Å². The summed E-state index contributed by atoms with van der Waals surface area (Å²) in [6.45, 7) is 0.253. The number of aliphatic hydroxyl groups excluding tert-OH is 1. The Morgan fingerprint density at radius 1 is 1.47 bits per heavy atom. The molecule has 0 spiro atoms. The number of nitrogens with zero attached hydrogens (tertiary/aromatic N) is 2. The minimum Gasteiger partial charge on any atom is -0.479 e. The molecular weight excluding hydrogens is 230 g/mol. The molecule has 1 aromatic heterocycles.